The number of para-hydroxylation sites is 1. The third kappa shape index (κ3) is 2.40. The second-order valence-electron chi connectivity index (χ2n) is 3.97. The Bertz CT molecular complexity index is 310. The lowest BCUT2D eigenvalue weighted by Gasteiger charge is -2.25. The molecule has 1 aromatic rings. The number of hydrogen-bond donors (Lipinski definition) is 1. The van der Waals surface area contributed by atoms with Crippen LogP contribution in [0.1, 0.15) is 12.0 Å². The number of nitrogen functional groups attached to an aromatic ring is 1. The molecule has 1 aliphatic heterocycles. The summed E-state index contributed by atoms with van der Waals surface area (Å²) in [6, 6.07) is 6.17. The minimum absolute atomic E-state index is 0.918. The number of benzene rings is 1. The topological polar surface area (TPSA) is 29.3 Å². The van der Waals surface area contributed by atoms with Gasteiger partial charge in [-0.1, -0.05) is 12.1 Å². The highest BCUT2D eigenvalue weighted by Gasteiger charge is 2.14. The fourth-order valence-corrected chi connectivity index (χ4v) is 2.97. The van der Waals surface area contributed by atoms with E-state index < -0.39 is 0 Å². The maximum atomic E-state index is 6.05. The average Bonchev–Trinajstić information content (AvgIpc) is 2.46. The molecule has 2 N–H and O–H groups in total. The smallest absolute Gasteiger partial charge is 0.0629 e. The normalized spacial score (nSPS) is 17.5. The molecule has 0 aliphatic carbocycles. The van der Waals surface area contributed by atoms with E-state index in [-0.39, 0.29) is 0 Å². The van der Waals surface area contributed by atoms with Gasteiger partial charge in [-0.3, -0.25) is 0 Å². The first-order chi connectivity index (χ1) is 7.29. The van der Waals surface area contributed by atoms with Gasteiger partial charge in [0.25, 0.3) is 0 Å². The molecule has 1 aliphatic rings. The zero-order valence-corrected chi connectivity index (χ0v) is 10.0. The minimum atomic E-state index is 0.918. The van der Waals surface area contributed by atoms with Gasteiger partial charge in [0, 0.05) is 18.8 Å². The van der Waals surface area contributed by atoms with Gasteiger partial charge in [0.05, 0.1) is 11.4 Å². The molecule has 3 heteroatoms. The van der Waals surface area contributed by atoms with Crippen molar-refractivity contribution in [1.82, 2.24) is 0 Å². The average molecular weight is 222 g/mol. The van der Waals surface area contributed by atoms with Crippen LogP contribution in [0.2, 0.25) is 0 Å². The predicted molar refractivity (Wildman–Crippen MR) is 69.7 cm³/mol. The van der Waals surface area contributed by atoms with Crippen molar-refractivity contribution >= 4 is 23.1 Å². The van der Waals surface area contributed by atoms with Gasteiger partial charge in [0.1, 0.15) is 0 Å². The molecule has 2 nitrogen and oxygen atoms in total. The summed E-state index contributed by atoms with van der Waals surface area (Å²) in [5, 5.41) is 0. The summed E-state index contributed by atoms with van der Waals surface area (Å²) in [4.78, 5) is 2.44. The van der Waals surface area contributed by atoms with Crippen LogP contribution in [-0.2, 0) is 0 Å². The molecule has 0 atom stereocenters. The lowest BCUT2D eigenvalue weighted by atomic mass is 10.1. The van der Waals surface area contributed by atoms with Crippen molar-refractivity contribution in [3.05, 3.63) is 23.8 Å². The summed E-state index contributed by atoms with van der Waals surface area (Å²) in [6.45, 7) is 4.41. The summed E-state index contributed by atoms with van der Waals surface area (Å²) >= 11 is 2.04. The van der Waals surface area contributed by atoms with Crippen LogP contribution in [0.4, 0.5) is 11.4 Å². The Labute approximate surface area is 95.8 Å². The zero-order valence-electron chi connectivity index (χ0n) is 9.20. The first kappa shape index (κ1) is 10.7. The monoisotopic (exact) mass is 222 g/mol. The lowest BCUT2D eigenvalue weighted by Crippen LogP contribution is -2.27. The van der Waals surface area contributed by atoms with E-state index in [9.17, 15) is 0 Å². The summed E-state index contributed by atoms with van der Waals surface area (Å²) in [5.41, 5.74) is 9.52. The van der Waals surface area contributed by atoms with Crippen molar-refractivity contribution in [3.8, 4) is 0 Å². The minimum Gasteiger partial charge on any atom is -0.397 e. The first-order valence-electron chi connectivity index (χ1n) is 5.47. The van der Waals surface area contributed by atoms with Crippen molar-refractivity contribution in [1.29, 1.82) is 0 Å². The molecule has 0 spiro atoms. The fourth-order valence-electron chi connectivity index (χ4n) is 2.08. The van der Waals surface area contributed by atoms with Crippen LogP contribution >= 0.6 is 11.8 Å². The van der Waals surface area contributed by atoms with E-state index in [1.165, 1.54) is 29.2 Å². The Morgan fingerprint density at radius 3 is 2.93 bits per heavy atom. The summed E-state index contributed by atoms with van der Waals surface area (Å²) in [6.07, 6.45) is 1.26. The van der Waals surface area contributed by atoms with Crippen molar-refractivity contribution in [2.75, 3.05) is 35.2 Å². The van der Waals surface area contributed by atoms with E-state index in [2.05, 4.69) is 17.9 Å². The van der Waals surface area contributed by atoms with Crippen LogP contribution in [0.3, 0.4) is 0 Å². The molecule has 15 heavy (non-hydrogen) atoms. The number of aryl methyl sites for hydroxylation is 1. The number of nitrogens with two attached hydrogens (primary N) is 1. The van der Waals surface area contributed by atoms with Gasteiger partial charge >= 0.3 is 0 Å². The van der Waals surface area contributed by atoms with Gasteiger partial charge in [0.15, 0.2) is 0 Å². The Morgan fingerprint density at radius 1 is 1.27 bits per heavy atom. The highest BCUT2D eigenvalue weighted by Crippen LogP contribution is 2.28. The lowest BCUT2D eigenvalue weighted by molar-refractivity contribution is 0.814. The van der Waals surface area contributed by atoms with Crippen LogP contribution in [0.25, 0.3) is 0 Å². The predicted octanol–water partition coefficient (Wildman–Crippen LogP) is 2.52. The molecule has 0 radical (unpaired) electrons. The molecule has 0 saturated carbocycles. The second-order valence-corrected chi connectivity index (χ2v) is 5.19. The molecule has 0 unspecified atom stereocenters. The van der Waals surface area contributed by atoms with E-state index in [1.54, 1.807) is 0 Å². The highest BCUT2D eigenvalue weighted by molar-refractivity contribution is 7.99. The number of thioether (sulfide) groups is 1. The van der Waals surface area contributed by atoms with E-state index >= 15 is 0 Å². The Hall–Kier alpha value is -0.830. The van der Waals surface area contributed by atoms with Crippen LogP contribution in [0.15, 0.2) is 18.2 Å². The van der Waals surface area contributed by atoms with Gasteiger partial charge in [-0.15, -0.1) is 0 Å². The zero-order chi connectivity index (χ0) is 10.7. The number of rotatable bonds is 1. The third-order valence-corrected chi connectivity index (χ3v) is 3.86. The van der Waals surface area contributed by atoms with E-state index in [0.717, 1.165) is 18.8 Å². The van der Waals surface area contributed by atoms with Crippen molar-refractivity contribution < 1.29 is 0 Å². The maximum absolute atomic E-state index is 6.05. The van der Waals surface area contributed by atoms with Gasteiger partial charge in [-0.25, -0.2) is 0 Å². The van der Waals surface area contributed by atoms with Crippen molar-refractivity contribution in [2.24, 2.45) is 0 Å². The van der Waals surface area contributed by atoms with Crippen LogP contribution in [0.5, 0.6) is 0 Å². The standard InChI is InChI=1S/C12H18N2S/c1-10-4-2-5-11(13)12(10)14-6-3-8-15-9-7-14/h2,4-5H,3,6-9,13H2,1H3. The molecule has 0 bridgehead atoms. The molecule has 1 heterocycles. The Kier molecular flexibility index (Phi) is 3.41. The Balaban J connectivity index is 2.26. The number of hydrogen-bond acceptors (Lipinski definition) is 3. The summed E-state index contributed by atoms with van der Waals surface area (Å²) in [5.74, 6) is 2.50. The molecule has 1 aromatic carbocycles. The SMILES string of the molecule is Cc1cccc(N)c1N1CCCSCC1. The molecule has 82 valence electrons. The molecule has 1 fully saturated rings. The molecular weight excluding hydrogens is 204 g/mol. The fraction of sp³-hybridized carbons (Fsp3) is 0.500. The quantitative estimate of drug-likeness (QED) is 0.740. The second kappa shape index (κ2) is 4.79. The molecule has 2 rings (SSSR count). The van der Waals surface area contributed by atoms with Crippen LogP contribution < -0.4 is 10.6 Å². The highest BCUT2D eigenvalue weighted by atomic mass is 32.2. The van der Waals surface area contributed by atoms with Crippen molar-refractivity contribution in [3.63, 3.8) is 0 Å². The van der Waals surface area contributed by atoms with E-state index in [4.69, 9.17) is 5.73 Å². The maximum Gasteiger partial charge on any atom is 0.0629 e. The van der Waals surface area contributed by atoms with Crippen LogP contribution in [-0.4, -0.2) is 24.6 Å². The number of anilines is 2. The summed E-state index contributed by atoms with van der Waals surface area (Å²) in [7, 11) is 0. The Morgan fingerprint density at radius 2 is 2.13 bits per heavy atom. The van der Waals surface area contributed by atoms with Gasteiger partial charge in [-0.2, -0.15) is 11.8 Å². The molecule has 1 saturated heterocycles. The number of nitrogens with zero attached hydrogens (tertiary/aromatic N) is 1. The third-order valence-electron chi connectivity index (χ3n) is 2.81. The molecule has 0 amide bonds. The summed E-state index contributed by atoms with van der Waals surface area (Å²) < 4.78 is 0. The van der Waals surface area contributed by atoms with Crippen LogP contribution in [0, 0.1) is 6.92 Å². The van der Waals surface area contributed by atoms with E-state index in [0.29, 0.717) is 0 Å². The molecule has 0 aromatic heterocycles. The van der Waals surface area contributed by atoms with Gasteiger partial charge in [-0.05, 0) is 30.7 Å². The first-order valence-corrected chi connectivity index (χ1v) is 6.62. The van der Waals surface area contributed by atoms with E-state index in [1.807, 2.05) is 23.9 Å². The van der Waals surface area contributed by atoms with Gasteiger partial charge in [0.2, 0.25) is 0 Å². The van der Waals surface area contributed by atoms with Crippen molar-refractivity contribution in [2.45, 2.75) is 13.3 Å². The largest absolute Gasteiger partial charge is 0.397 e. The molecular formula is C12H18N2S. The van der Waals surface area contributed by atoms with Gasteiger partial charge < -0.3 is 10.6 Å².